The zero-order valence-corrected chi connectivity index (χ0v) is 16.8. The number of carbonyl (C=O) groups is 1. The first-order valence-corrected chi connectivity index (χ1v) is 10.1. The van der Waals surface area contributed by atoms with E-state index < -0.39 is 0 Å². The number of fused-ring (bicyclic) bond motifs is 5. The molecule has 0 saturated carbocycles. The van der Waals surface area contributed by atoms with Crippen LogP contribution in [-0.4, -0.2) is 66.9 Å². The third-order valence-electron chi connectivity index (χ3n) is 6.37. The molecule has 3 heterocycles. The molecule has 2 atom stereocenters. The van der Waals surface area contributed by atoms with Crippen molar-refractivity contribution in [1.29, 1.82) is 0 Å². The molecule has 3 saturated heterocycles. The van der Waals surface area contributed by atoms with Crippen LogP contribution in [0.4, 0.5) is 0 Å². The first kappa shape index (κ1) is 18.5. The minimum Gasteiger partial charge on any atom is -0.348 e. The number of hydrogen-bond donors (Lipinski definition) is 0. The van der Waals surface area contributed by atoms with Crippen molar-refractivity contribution in [3.05, 3.63) is 47.5 Å². The van der Waals surface area contributed by atoms with E-state index in [1.54, 1.807) is 4.90 Å². The fourth-order valence-corrected chi connectivity index (χ4v) is 4.80. The summed E-state index contributed by atoms with van der Waals surface area (Å²) in [6, 6.07) is 13.9. The summed E-state index contributed by atoms with van der Waals surface area (Å²) < 4.78 is 0. The summed E-state index contributed by atoms with van der Waals surface area (Å²) >= 11 is 0. The van der Waals surface area contributed by atoms with Crippen LogP contribution in [0.5, 0.6) is 0 Å². The third kappa shape index (κ3) is 3.87. The monoisotopic (exact) mass is 365 g/mol. The normalized spacial score (nSPS) is 23.5. The van der Waals surface area contributed by atoms with E-state index in [1.807, 2.05) is 14.1 Å². The van der Waals surface area contributed by atoms with Crippen LogP contribution in [0.2, 0.25) is 0 Å². The van der Waals surface area contributed by atoms with Gasteiger partial charge in [0.1, 0.15) is 0 Å². The lowest BCUT2D eigenvalue weighted by Crippen LogP contribution is -2.44. The molecule has 0 aliphatic carbocycles. The molecule has 4 nitrogen and oxygen atoms in total. The molecule has 4 heteroatoms. The Labute approximate surface area is 162 Å². The standard InChI is InChI=1S/C23H31N3O/c1-17-8-10-19(22-7-5-4-6-21(17)22)14-26-13-18-9-11-20(26)15-25(12-18)16-23(27)24(2)3/h4-8,10,18,20H,9,11-16H2,1-3H3/t18-,20+/m0/s1. The molecular weight excluding hydrogens is 334 g/mol. The van der Waals surface area contributed by atoms with Crippen molar-refractivity contribution in [2.24, 2.45) is 5.92 Å². The summed E-state index contributed by atoms with van der Waals surface area (Å²) in [5, 5.41) is 2.76. The maximum Gasteiger partial charge on any atom is 0.236 e. The number of nitrogens with zero attached hydrogens (tertiary/aromatic N) is 3. The van der Waals surface area contributed by atoms with Crippen LogP contribution in [0, 0.1) is 12.8 Å². The van der Waals surface area contributed by atoms with Crippen LogP contribution in [0.3, 0.4) is 0 Å². The van der Waals surface area contributed by atoms with Gasteiger partial charge in [0.05, 0.1) is 6.54 Å². The highest BCUT2D eigenvalue weighted by molar-refractivity contribution is 5.88. The number of benzene rings is 2. The number of hydrogen-bond acceptors (Lipinski definition) is 3. The molecule has 2 aromatic rings. The van der Waals surface area contributed by atoms with Crippen molar-refractivity contribution < 1.29 is 4.79 Å². The maximum absolute atomic E-state index is 12.2. The van der Waals surface area contributed by atoms with Gasteiger partial charge in [-0.15, -0.1) is 0 Å². The summed E-state index contributed by atoms with van der Waals surface area (Å²) in [6.07, 6.45) is 2.55. The SMILES string of the molecule is Cc1ccc(CN2C[C@H]3CC[C@@H]2CN(CC(=O)N(C)C)C3)c2ccccc12. The van der Waals surface area contributed by atoms with E-state index in [2.05, 4.69) is 53.1 Å². The molecule has 0 unspecified atom stereocenters. The first-order valence-electron chi connectivity index (χ1n) is 10.1. The zero-order valence-electron chi connectivity index (χ0n) is 16.8. The molecule has 0 spiro atoms. The lowest BCUT2D eigenvalue weighted by molar-refractivity contribution is -0.130. The molecule has 3 aliphatic rings. The number of aryl methyl sites for hydroxylation is 1. The molecule has 1 amide bonds. The second-order valence-corrected chi connectivity index (χ2v) is 8.60. The highest BCUT2D eigenvalue weighted by Crippen LogP contribution is 2.31. The molecule has 3 aliphatic heterocycles. The van der Waals surface area contributed by atoms with Crippen molar-refractivity contribution in [3.8, 4) is 0 Å². The molecule has 5 rings (SSSR count). The van der Waals surface area contributed by atoms with Gasteiger partial charge in [0.2, 0.25) is 5.91 Å². The van der Waals surface area contributed by atoms with Gasteiger partial charge >= 0.3 is 0 Å². The smallest absolute Gasteiger partial charge is 0.236 e. The molecule has 0 N–H and O–H groups in total. The fraction of sp³-hybridized carbons (Fsp3) is 0.522. The predicted molar refractivity (Wildman–Crippen MR) is 111 cm³/mol. The van der Waals surface area contributed by atoms with E-state index in [0.29, 0.717) is 18.5 Å². The minimum atomic E-state index is 0.215. The van der Waals surface area contributed by atoms with Crippen molar-refractivity contribution in [1.82, 2.24) is 14.7 Å². The Hall–Kier alpha value is -1.91. The third-order valence-corrected chi connectivity index (χ3v) is 6.37. The van der Waals surface area contributed by atoms with Gasteiger partial charge < -0.3 is 4.90 Å². The van der Waals surface area contributed by atoms with E-state index >= 15 is 0 Å². The molecular formula is C23H31N3O. The Morgan fingerprint density at radius 1 is 1.04 bits per heavy atom. The highest BCUT2D eigenvalue weighted by Gasteiger charge is 2.35. The Morgan fingerprint density at radius 3 is 2.59 bits per heavy atom. The highest BCUT2D eigenvalue weighted by atomic mass is 16.2. The summed E-state index contributed by atoms with van der Waals surface area (Å²) in [6.45, 7) is 6.99. The van der Waals surface area contributed by atoms with E-state index in [1.165, 1.54) is 34.7 Å². The van der Waals surface area contributed by atoms with Crippen LogP contribution in [0.25, 0.3) is 10.8 Å². The number of amides is 1. The Morgan fingerprint density at radius 2 is 1.81 bits per heavy atom. The topological polar surface area (TPSA) is 26.8 Å². The second-order valence-electron chi connectivity index (χ2n) is 8.60. The summed E-state index contributed by atoms with van der Waals surface area (Å²) in [7, 11) is 3.70. The lowest BCUT2D eigenvalue weighted by atomic mass is 9.93. The van der Waals surface area contributed by atoms with Crippen LogP contribution in [0.1, 0.15) is 24.0 Å². The van der Waals surface area contributed by atoms with Crippen LogP contribution in [-0.2, 0) is 11.3 Å². The molecule has 27 heavy (non-hydrogen) atoms. The van der Waals surface area contributed by atoms with E-state index in [-0.39, 0.29) is 5.91 Å². The van der Waals surface area contributed by atoms with Crippen molar-refractivity contribution in [3.63, 3.8) is 0 Å². The average molecular weight is 366 g/mol. The van der Waals surface area contributed by atoms with Gasteiger partial charge in [0, 0.05) is 46.3 Å². The lowest BCUT2D eigenvalue weighted by Gasteiger charge is -2.36. The maximum atomic E-state index is 12.2. The second kappa shape index (κ2) is 7.61. The molecule has 144 valence electrons. The van der Waals surface area contributed by atoms with Gasteiger partial charge in [0.25, 0.3) is 0 Å². The number of carbonyl (C=O) groups excluding carboxylic acids is 1. The minimum absolute atomic E-state index is 0.215. The molecule has 2 aromatic carbocycles. The number of piperidine rings is 1. The van der Waals surface area contributed by atoms with Crippen molar-refractivity contribution in [2.45, 2.75) is 32.4 Å². The largest absolute Gasteiger partial charge is 0.348 e. The van der Waals surface area contributed by atoms with Crippen molar-refractivity contribution in [2.75, 3.05) is 40.3 Å². The van der Waals surface area contributed by atoms with E-state index in [9.17, 15) is 4.79 Å². The van der Waals surface area contributed by atoms with E-state index in [4.69, 9.17) is 0 Å². The van der Waals surface area contributed by atoms with Gasteiger partial charge in [-0.05, 0) is 47.6 Å². The summed E-state index contributed by atoms with van der Waals surface area (Å²) in [4.78, 5) is 18.9. The molecule has 0 radical (unpaired) electrons. The van der Waals surface area contributed by atoms with Crippen LogP contribution in [0.15, 0.2) is 36.4 Å². The average Bonchev–Trinajstić information content (AvgIpc) is 2.94. The quantitative estimate of drug-likeness (QED) is 0.833. The van der Waals surface area contributed by atoms with Gasteiger partial charge in [-0.25, -0.2) is 0 Å². The summed E-state index contributed by atoms with van der Waals surface area (Å²) in [5.74, 6) is 0.891. The Bertz CT molecular complexity index is 831. The Kier molecular flexibility index (Phi) is 5.20. The van der Waals surface area contributed by atoms with Gasteiger partial charge in [0.15, 0.2) is 0 Å². The Balaban J connectivity index is 1.53. The molecule has 3 fully saturated rings. The fourth-order valence-electron chi connectivity index (χ4n) is 4.80. The molecule has 0 aromatic heterocycles. The van der Waals surface area contributed by atoms with Crippen molar-refractivity contribution >= 4 is 16.7 Å². The van der Waals surface area contributed by atoms with E-state index in [0.717, 1.165) is 26.2 Å². The predicted octanol–water partition coefficient (Wildman–Crippen LogP) is 3.13. The number of rotatable bonds is 4. The van der Waals surface area contributed by atoms with Crippen LogP contribution >= 0.6 is 0 Å². The zero-order chi connectivity index (χ0) is 19.0. The van der Waals surface area contributed by atoms with Gasteiger partial charge in [-0.3, -0.25) is 14.6 Å². The van der Waals surface area contributed by atoms with Crippen LogP contribution < -0.4 is 0 Å². The van der Waals surface area contributed by atoms with Gasteiger partial charge in [-0.1, -0.05) is 36.4 Å². The first-order chi connectivity index (χ1) is 13.0. The van der Waals surface area contributed by atoms with Gasteiger partial charge in [-0.2, -0.15) is 0 Å². The summed E-state index contributed by atoms with van der Waals surface area (Å²) in [5.41, 5.74) is 2.78. The molecule has 2 bridgehead atoms. The number of likely N-dealkylation sites (N-methyl/N-ethyl adjacent to an activating group) is 1.